The second-order valence-corrected chi connectivity index (χ2v) is 6.63. The Hall–Kier alpha value is -1.36. The van der Waals surface area contributed by atoms with E-state index in [1.165, 1.54) is 0 Å². The first kappa shape index (κ1) is 16.0. The summed E-state index contributed by atoms with van der Waals surface area (Å²) in [5.41, 5.74) is 1.13. The Bertz CT molecular complexity index is 529. The van der Waals surface area contributed by atoms with Crippen LogP contribution in [0.4, 0.5) is 0 Å². The normalized spacial score (nSPS) is 23.2. The van der Waals surface area contributed by atoms with E-state index in [-0.39, 0.29) is 23.7 Å². The third kappa shape index (κ3) is 3.84. The third-order valence-electron chi connectivity index (χ3n) is 4.20. The quantitative estimate of drug-likeness (QED) is 0.825. The van der Waals surface area contributed by atoms with Crippen LogP contribution >= 0.6 is 15.9 Å². The van der Waals surface area contributed by atoms with Crippen LogP contribution in [-0.2, 0) is 9.59 Å². The maximum atomic E-state index is 12.2. The number of hydrogen-bond donors (Lipinski definition) is 2. The third-order valence-corrected chi connectivity index (χ3v) is 4.73. The summed E-state index contributed by atoms with van der Waals surface area (Å²) in [5, 5.41) is 11.9. The first-order valence-electron chi connectivity index (χ1n) is 7.22. The van der Waals surface area contributed by atoms with Gasteiger partial charge in [-0.1, -0.05) is 48.3 Å². The number of carbonyl (C=O) groups is 2. The maximum Gasteiger partial charge on any atom is 0.326 e. The van der Waals surface area contributed by atoms with E-state index in [0.29, 0.717) is 0 Å². The van der Waals surface area contributed by atoms with Crippen LogP contribution in [0.1, 0.15) is 38.2 Å². The summed E-state index contributed by atoms with van der Waals surface area (Å²) in [5.74, 6) is -1.06. The minimum Gasteiger partial charge on any atom is -0.480 e. The van der Waals surface area contributed by atoms with Crippen molar-refractivity contribution < 1.29 is 14.7 Å². The Kier molecular flexibility index (Phi) is 5.04. The van der Waals surface area contributed by atoms with Crippen molar-refractivity contribution in [3.05, 3.63) is 34.3 Å². The molecule has 1 amide bonds. The summed E-state index contributed by atoms with van der Waals surface area (Å²) >= 11 is 3.39. The number of aliphatic carboxylic acids is 1. The first-order valence-corrected chi connectivity index (χ1v) is 8.02. The first-order chi connectivity index (χ1) is 9.93. The van der Waals surface area contributed by atoms with Crippen molar-refractivity contribution in [1.82, 2.24) is 5.32 Å². The Labute approximate surface area is 133 Å². The summed E-state index contributed by atoms with van der Waals surface area (Å²) in [6, 6.07) is 7.13. The fourth-order valence-corrected chi connectivity index (χ4v) is 2.77. The molecule has 2 N–H and O–H groups in total. The Morgan fingerprint density at radius 3 is 2.52 bits per heavy atom. The van der Waals surface area contributed by atoms with Crippen LogP contribution in [-0.4, -0.2) is 23.0 Å². The van der Waals surface area contributed by atoms with Gasteiger partial charge in [-0.05, 0) is 36.0 Å². The molecule has 2 rings (SSSR count). The molecule has 4 nitrogen and oxygen atoms in total. The van der Waals surface area contributed by atoms with E-state index in [1.807, 2.05) is 38.1 Å². The molecule has 4 atom stereocenters. The largest absolute Gasteiger partial charge is 0.480 e. The predicted molar refractivity (Wildman–Crippen MR) is 84.0 cm³/mol. The highest BCUT2D eigenvalue weighted by Gasteiger charge is 2.45. The standard InChI is InChI=1S/C16H20BrNO3/c1-3-9(2)14(16(20)21)18-15(19)13-8-12(13)10-4-6-11(17)7-5-10/h4-7,9,12-14H,3,8H2,1-2H3,(H,18,19)(H,20,21)/t9-,12?,13?,14-/m0/s1. The lowest BCUT2D eigenvalue weighted by atomic mass is 9.99. The van der Waals surface area contributed by atoms with E-state index < -0.39 is 12.0 Å². The van der Waals surface area contributed by atoms with Gasteiger partial charge in [0.05, 0.1) is 0 Å². The molecular formula is C16H20BrNO3. The summed E-state index contributed by atoms with van der Waals surface area (Å²) in [6.45, 7) is 3.77. The van der Waals surface area contributed by atoms with E-state index in [0.717, 1.165) is 22.9 Å². The number of nitrogens with one attached hydrogen (secondary N) is 1. The summed E-state index contributed by atoms with van der Waals surface area (Å²) in [7, 11) is 0. The molecule has 5 heteroatoms. The van der Waals surface area contributed by atoms with Crippen molar-refractivity contribution >= 4 is 27.8 Å². The number of rotatable bonds is 6. The van der Waals surface area contributed by atoms with Crippen LogP contribution in [0, 0.1) is 11.8 Å². The number of amides is 1. The van der Waals surface area contributed by atoms with Crippen LogP contribution < -0.4 is 5.32 Å². The van der Waals surface area contributed by atoms with Gasteiger partial charge in [0.1, 0.15) is 6.04 Å². The molecular weight excluding hydrogens is 334 g/mol. The summed E-state index contributed by atoms with van der Waals surface area (Å²) in [4.78, 5) is 23.5. The van der Waals surface area contributed by atoms with Gasteiger partial charge in [0.25, 0.3) is 0 Å². The van der Waals surface area contributed by atoms with Gasteiger partial charge in [-0.2, -0.15) is 0 Å². The second-order valence-electron chi connectivity index (χ2n) is 5.71. The lowest BCUT2D eigenvalue weighted by molar-refractivity contribution is -0.143. The molecule has 1 aromatic rings. The highest BCUT2D eigenvalue weighted by Crippen LogP contribution is 2.47. The van der Waals surface area contributed by atoms with Crippen molar-refractivity contribution in [2.75, 3.05) is 0 Å². The number of hydrogen-bond acceptors (Lipinski definition) is 2. The molecule has 0 heterocycles. The van der Waals surface area contributed by atoms with E-state index in [4.69, 9.17) is 0 Å². The van der Waals surface area contributed by atoms with Gasteiger partial charge in [0, 0.05) is 10.4 Å². The van der Waals surface area contributed by atoms with Crippen LogP contribution in [0.15, 0.2) is 28.7 Å². The zero-order valence-corrected chi connectivity index (χ0v) is 13.8. The lowest BCUT2D eigenvalue weighted by Crippen LogP contribution is -2.45. The second kappa shape index (κ2) is 6.60. The molecule has 0 aliphatic heterocycles. The molecule has 1 aliphatic rings. The van der Waals surface area contributed by atoms with Crippen LogP contribution in [0.3, 0.4) is 0 Å². The fraction of sp³-hybridized carbons (Fsp3) is 0.500. The number of benzene rings is 1. The fourth-order valence-electron chi connectivity index (χ4n) is 2.51. The van der Waals surface area contributed by atoms with Crippen molar-refractivity contribution in [1.29, 1.82) is 0 Å². The van der Waals surface area contributed by atoms with E-state index in [1.54, 1.807) is 0 Å². The van der Waals surface area contributed by atoms with Crippen LogP contribution in [0.2, 0.25) is 0 Å². The van der Waals surface area contributed by atoms with Crippen molar-refractivity contribution in [3.8, 4) is 0 Å². The predicted octanol–water partition coefficient (Wildman–Crippen LogP) is 3.17. The summed E-state index contributed by atoms with van der Waals surface area (Å²) in [6.07, 6.45) is 1.51. The number of carboxylic acids is 1. The summed E-state index contributed by atoms with van der Waals surface area (Å²) < 4.78 is 1.01. The van der Waals surface area contributed by atoms with Gasteiger partial charge in [-0.3, -0.25) is 4.79 Å². The van der Waals surface area contributed by atoms with Gasteiger partial charge in [0.15, 0.2) is 0 Å². The number of halogens is 1. The van der Waals surface area contributed by atoms with Crippen LogP contribution in [0.5, 0.6) is 0 Å². The molecule has 1 aliphatic carbocycles. The van der Waals surface area contributed by atoms with Crippen molar-refractivity contribution in [2.24, 2.45) is 11.8 Å². The number of carbonyl (C=O) groups excluding carboxylic acids is 1. The molecule has 0 spiro atoms. The Balaban J connectivity index is 1.96. The molecule has 1 aromatic carbocycles. The molecule has 2 unspecified atom stereocenters. The van der Waals surface area contributed by atoms with Crippen molar-refractivity contribution in [2.45, 2.75) is 38.6 Å². The Morgan fingerprint density at radius 2 is 2.00 bits per heavy atom. The molecule has 0 bridgehead atoms. The van der Waals surface area contributed by atoms with E-state index >= 15 is 0 Å². The maximum absolute atomic E-state index is 12.2. The van der Waals surface area contributed by atoms with Gasteiger partial charge in [0.2, 0.25) is 5.91 Å². The molecule has 114 valence electrons. The van der Waals surface area contributed by atoms with Gasteiger partial charge in [-0.25, -0.2) is 4.79 Å². The van der Waals surface area contributed by atoms with Gasteiger partial charge in [-0.15, -0.1) is 0 Å². The van der Waals surface area contributed by atoms with Gasteiger partial charge < -0.3 is 10.4 Å². The van der Waals surface area contributed by atoms with Gasteiger partial charge >= 0.3 is 5.97 Å². The zero-order chi connectivity index (χ0) is 15.6. The molecule has 1 fully saturated rings. The Morgan fingerprint density at radius 1 is 1.38 bits per heavy atom. The number of carboxylic acid groups (broad SMARTS) is 1. The SMILES string of the molecule is CC[C@H](C)[C@H](NC(=O)C1CC1c1ccc(Br)cc1)C(=O)O. The smallest absolute Gasteiger partial charge is 0.326 e. The lowest BCUT2D eigenvalue weighted by Gasteiger charge is -2.20. The van der Waals surface area contributed by atoms with Crippen molar-refractivity contribution in [3.63, 3.8) is 0 Å². The topological polar surface area (TPSA) is 66.4 Å². The van der Waals surface area contributed by atoms with Crippen LogP contribution in [0.25, 0.3) is 0 Å². The highest BCUT2D eigenvalue weighted by molar-refractivity contribution is 9.10. The molecule has 21 heavy (non-hydrogen) atoms. The average molecular weight is 354 g/mol. The zero-order valence-electron chi connectivity index (χ0n) is 12.2. The monoisotopic (exact) mass is 353 g/mol. The molecule has 0 aromatic heterocycles. The highest BCUT2D eigenvalue weighted by atomic mass is 79.9. The minimum atomic E-state index is -0.960. The molecule has 0 radical (unpaired) electrons. The van der Waals surface area contributed by atoms with E-state index in [9.17, 15) is 14.7 Å². The van der Waals surface area contributed by atoms with E-state index in [2.05, 4.69) is 21.2 Å². The molecule has 1 saturated carbocycles. The average Bonchev–Trinajstić information content (AvgIpc) is 3.24. The molecule has 0 saturated heterocycles. The minimum absolute atomic E-state index is 0.0728.